The molecule has 4 aromatic rings. The fourth-order valence-corrected chi connectivity index (χ4v) is 7.13. The quantitative estimate of drug-likeness (QED) is 0.344. The average molecular weight is 552 g/mol. The van der Waals surface area contributed by atoms with Crippen LogP contribution < -0.4 is 21.0 Å². The first-order valence-electron chi connectivity index (χ1n) is 14.4. The van der Waals surface area contributed by atoms with E-state index in [4.69, 9.17) is 26.3 Å². The standard InChI is InChI=1S/C37H28ClN2O/c1-22-19-24-7-2-3-8-26(24)29-18-17-27-28(34(22)29)10-6-11-30(27)36-35-31-9-4-5-12-32(31)40-37(35)33(20-39-36)41-21-23-13-15-25(38)16-14-23/h2-4,7-9,12-20,22,36H,6,10-11,21H2,1H3. The van der Waals surface area contributed by atoms with Gasteiger partial charge in [-0.05, 0) is 86.7 Å². The van der Waals surface area contributed by atoms with Gasteiger partial charge in [-0.15, -0.1) is 0 Å². The molecule has 2 heterocycles. The van der Waals surface area contributed by atoms with Crippen LogP contribution in [0, 0.1) is 16.5 Å². The Morgan fingerprint density at radius 3 is 2.68 bits per heavy atom. The van der Waals surface area contributed by atoms with Gasteiger partial charge in [0.05, 0.1) is 17.6 Å². The van der Waals surface area contributed by atoms with Gasteiger partial charge in [0.2, 0.25) is 0 Å². The van der Waals surface area contributed by atoms with E-state index in [1.54, 1.807) is 0 Å². The van der Waals surface area contributed by atoms with Crippen molar-refractivity contribution in [3.05, 3.63) is 150 Å². The van der Waals surface area contributed by atoms with Crippen LogP contribution in [0.4, 0.5) is 0 Å². The highest BCUT2D eigenvalue weighted by Crippen LogP contribution is 2.36. The molecule has 2 atom stereocenters. The summed E-state index contributed by atoms with van der Waals surface area (Å²) in [5.74, 6) is 1.09. The lowest BCUT2D eigenvalue weighted by Gasteiger charge is -2.28. The summed E-state index contributed by atoms with van der Waals surface area (Å²) in [6, 6.07) is 30.4. The van der Waals surface area contributed by atoms with Crippen LogP contribution in [0.15, 0.2) is 100 Å². The number of fused-ring (bicyclic) bond motifs is 6. The highest BCUT2D eigenvalue weighted by atomic mass is 35.5. The maximum atomic E-state index is 6.33. The zero-order valence-corrected chi connectivity index (χ0v) is 23.6. The van der Waals surface area contributed by atoms with Crippen molar-refractivity contribution in [2.75, 3.05) is 0 Å². The zero-order valence-electron chi connectivity index (χ0n) is 22.8. The number of hydrogen-bond acceptors (Lipinski definition) is 3. The van der Waals surface area contributed by atoms with Crippen molar-refractivity contribution >= 4 is 35.0 Å². The van der Waals surface area contributed by atoms with Crippen molar-refractivity contribution in [1.29, 1.82) is 0 Å². The number of nitrogens with zero attached hydrogens (tertiary/aromatic N) is 2. The maximum absolute atomic E-state index is 6.33. The van der Waals surface area contributed by atoms with Gasteiger partial charge >= 0.3 is 0 Å². The van der Waals surface area contributed by atoms with Crippen molar-refractivity contribution in [2.24, 2.45) is 9.98 Å². The molecule has 0 saturated carbocycles. The van der Waals surface area contributed by atoms with E-state index in [9.17, 15) is 0 Å². The van der Waals surface area contributed by atoms with Crippen LogP contribution >= 0.6 is 11.6 Å². The van der Waals surface area contributed by atoms with Crippen LogP contribution in [0.5, 0.6) is 0 Å². The molecule has 0 bridgehead atoms. The van der Waals surface area contributed by atoms with E-state index in [0.717, 1.165) is 46.7 Å². The fourth-order valence-electron chi connectivity index (χ4n) is 7.01. The van der Waals surface area contributed by atoms with Gasteiger partial charge in [0, 0.05) is 21.7 Å². The van der Waals surface area contributed by atoms with Crippen LogP contribution in [-0.2, 0) is 17.8 Å². The first-order chi connectivity index (χ1) is 20.2. The fraction of sp³-hybridized carbons (Fsp3) is 0.189. The second-order valence-electron chi connectivity index (χ2n) is 11.3. The Kier molecular flexibility index (Phi) is 5.82. The van der Waals surface area contributed by atoms with Crippen molar-refractivity contribution in [3.63, 3.8) is 0 Å². The SMILES string of the molecule is CC1C=c2ccccc2=c2ccc3c(c21)CCCC=3C1N=CC(OCc2ccc(Cl)cc2)=C2N=c3c[c]ccc3=C21. The Hall–Kier alpha value is -4.21. The van der Waals surface area contributed by atoms with Crippen LogP contribution in [0.25, 0.3) is 17.2 Å². The van der Waals surface area contributed by atoms with Gasteiger partial charge in [0.15, 0.2) is 5.76 Å². The molecule has 4 aromatic carbocycles. The summed E-state index contributed by atoms with van der Waals surface area (Å²) in [6.45, 7) is 2.77. The summed E-state index contributed by atoms with van der Waals surface area (Å²) < 4.78 is 6.33. The Morgan fingerprint density at radius 1 is 0.927 bits per heavy atom. The maximum Gasteiger partial charge on any atom is 0.163 e. The molecule has 0 aromatic heterocycles. The van der Waals surface area contributed by atoms with Crippen molar-refractivity contribution in [3.8, 4) is 0 Å². The predicted octanol–water partition coefficient (Wildman–Crippen LogP) is 5.18. The zero-order chi connectivity index (χ0) is 27.5. The molecular formula is C37H28ClN2O. The summed E-state index contributed by atoms with van der Waals surface area (Å²) in [4.78, 5) is 10.2. The van der Waals surface area contributed by atoms with Crippen LogP contribution in [0.2, 0.25) is 5.02 Å². The van der Waals surface area contributed by atoms with E-state index in [1.165, 1.54) is 37.6 Å². The van der Waals surface area contributed by atoms with Gasteiger partial charge < -0.3 is 4.74 Å². The number of dihydropyridines is 1. The van der Waals surface area contributed by atoms with Gasteiger partial charge in [-0.1, -0.05) is 85.3 Å². The predicted molar refractivity (Wildman–Crippen MR) is 164 cm³/mol. The third-order valence-electron chi connectivity index (χ3n) is 8.82. The summed E-state index contributed by atoms with van der Waals surface area (Å²) in [5, 5.41) is 8.20. The molecular weight excluding hydrogens is 524 g/mol. The number of ether oxygens (including phenoxy) is 1. The number of hydrogen-bond donors (Lipinski definition) is 0. The van der Waals surface area contributed by atoms with E-state index in [-0.39, 0.29) is 6.04 Å². The first kappa shape index (κ1) is 24.6. The third kappa shape index (κ3) is 4.02. The minimum Gasteiger partial charge on any atom is -0.485 e. The Balaban J connectivity index is 1.30. The number of benzene rings is 4. The minimum absolute atomic E-state index is 0.0902. The van der Waals surface area contributed by atoms with Gasteiger partial charge in [-0.2, -0.15) is 0 Å². The molecule has 0 amide bonds. The van der Waals surface area contributed by atoms with Crippen molar-refractivity contribution in [2.45, 2.75) is 44.8 Å². The topological polar surface area (TPSA) is 34.0 Å². The summed E-state index contributed by atoms with van der Waals surface area (Å²) in [5.41, 5.74) is 7.45. The molecule has 199 valence electrons. The van der Waals surface area contributed by atoms with E-state index < -0.39 is 0 Å². The third-order valence-corrected chi connectivity index (χ3v) is 9.07. The van der Waals surface area contributed by atoms with Crippen LogP contribution in [0.1, 0.15) is 42.4 Å². The Bertz CT molecular complexity index is 2160. The number of aliphatic imine (C=N–C) groups is 1. The van der Waals surface area contributed by atoms with Crippen LogP contribution in [-0.4, -0.2) is 12.3 Å². The second kappa shape index (κ2) is 9.71. The molecule has 41 heavy (non-hydrogen) atoms. The minimum atomic E-state index is -0.0902. The molecule has 0 spiro atoms. The Morgan fingerprint density at radius 2 is 1.78 bits per heavy atom. The lowest BCUT2D eigenvalue weighted by molar-refractivity contribution is 0.216. The lowest BCUT2D eigenvalue weighted by atomic mass is 9.79. The lowest BCUT2D eigenvalue weighted by Crippen LogP contribution is -2.32. The molecule has 0 N–H and O–H groups in total. The molecule has 4 heteroatoms. The summed E-state index contributed by atoms with van der Waals surface area (Å²) in [6.07, 6.45) is 7.56. The van der Waals surface area contributed by atoms with E-state index in [1.807, 2.05) is 42.6 Å². The molecule has 8 rings (SSSR count). The van der Waals surface area contributed by atoms with Crippen LogP contribution in [0.3, 0.4) is 0 Å². The number of allylic oxidation sites excluding steroid dienone is 1. The molecule has 3 nitrogen and oxygen atoms in total. The molecule has 1 radical (unpaired) electrons. The van der Waals surface area contributed by atoms with Gasteiger partial charge in [0.1, 0.15) is 12.3 Å². The summed E-state index contributed by atoms with van der Waals surface area (Å²) >= 11 is 6.08. The Labute approximate surface area is 243 Å². The average Bonchev–Trinajstić information content (AvgIpc) is 3.40. The van der Waals surface area contributed by atoms with Crippen molar-refractivity contribution < 1.29 is 4.74 Å². The molecule has 2 aliphatic carbocycles. The van der Waals surface area contributed by atoms with E-state index >= 15 is 0 Å². The molecule has 2 unspecified atom stereocenters. The molecule has 0 fully saturated rings. The van der Waals surface area contributed by atoms with Gasteiger partial charge in [-0.3, -0.25) is 4.99 Å². The highest BCUT2D eigenvalue weighted by molar-refractivity contribution is 6.30. The van der Waals surface area contributed by atoms with Crippen molar-refractivity contribution in [1.82, 2.24) is 0 Å². The number of halogens is 1. The van der Waals surface area contributed by atoms with Gasteiger partial charge in [-0.25, -0.2) is 4.99 Å². The monoisotopic (exact) mass is 551 g/mol. The molecule has 2 aliphatic heterocycles. The normalized spacial score (nSPS) is 19.9. The molecule has 4 aliphatic rings. The number of rotatable bonds is 4. The first-order valence-corrected chi connectivity index (χ1v) is 14.7. The summed E-state index contributed by atoms with van der Waals surface area (Å²) in [7, 11) is 0. The molecule has 0 saturated heterocycles. The smallest absolute Gasteiger partial charge is 0.163 e. The van der Waals surface area contributed by atoms with E-state index in [2.05, 4.69) is 61.5 Å². The van der Waals surface area contributed by atoms with E-state index in [0.29, 0.717) is 23.3 Å². The van der Waals surface area contributed by atoms with Gasteiger partial charge in [0.25, 0.3) is 0 Å². The second-order valence-corrected chi connectivity index (χ2v) is 11.7. The largest absolute Gasteiger partial charge is 0.485 e. The highest BCUT2D eigenvalue weighted by Gasteiger charge is 2.33.